The fourth-order valence-corrected chi connectivity index (χ4v) is 2.09. The van der Waals surface area contributed by atoms with Gasteiger partial charge in [-0.2, -0.15) is 0 Å². The van der Waals surface area contributed by atoms with Gasteiger partial charge in [-0.3, -0.25) is 4.79 Å². The SMILES string of the molecule is Nc1ccc(C(=O)O)c(OCC(=O)NC2CCOCC2)c1. The third-order valence-electron chi connectivity index (χ3n) is 3.18. The molecule has 1 aliphatic heterocycles. The molecular weight excluding hydrogens is 276 g/mol. The summed E-state index contributed by atoms with van der Waals surface area (Å²) in [4.78, 5) is 22.9. The Morgan fingerprint density at radius 1 is 1.38 bits per heavy atom. The van der Waals surface area contributed by atoms with Gasteiger partial charge in [0.05, 0.1) is 0 Å². The summed E-state index contributed by atoms with van der Waals surface area (Å²) in [6.07, 6.45) is 1.54. The lowest BCUT2D eigenvalue weighted by Crippen LogP contribution is -2.41. The minimum Gasteiger partial charge on any atom is -0.483 e. The first-order valence-electron chi connectivity index (χ1n) is 6.69. The molecule has 114 valence electrons. The van der Waals surface area contributed by atoms with E-state index in [2.05, 4.69) is 5.32 Å². The zero-order valence-corrected chi connectivity index (χ0v) is 11.5. The number of carbonyl (C=O) groups excluding carboxylic acids is 1. The fourth-order valence-electron chi connectivity index (χ4n) is 2.09. The van der Waals surface area contributed by atoms with E-state index in [0.29, 0.717) is 18.9 Å². The van der Waals surface area contributed by atoms with Crippen molar-refractivity contribution >= 4 is 17.6 Å². The van der Waals surface area contributed by atoms with Gasteiger partial charge in [-0.1, -0.05) is 0 Å². The van der Waals surface area contributed by atoms with Crippen LogP contribution in [0.4, 0.5) is 5.69 Å². The van der Waals surface area contributed by atoms with Crippen molar-refractivity contribution in [2.45, 2.75) is 18.9 Å². The molecule has 0 saturated carbocycles. The predicted molar refractivity (Wildman–Crippen MR) is 75.3 cm³/mol. The summed E-state index contributed by atoms with van der Waals surface area (Å²) >= 11 is 0. The first kappa shape index (κ1) is 15.1. The van der Waals surface area contributed by atoms with Crippen LogP contribution in [0.3, 0.4) is 0 Å². The molecule has 0 unspecified atom stereocenters. The van der Waals surface area contributed by atoms with E-state index in [9.17, 15) is 9.59 Å². The molecule has 0 atom stereocenters. The van der Waals surface area contributed by atoms with Crippen LogP contribution in [0.15, 0.2) is 18.2 Å². The standard InChI is InChI=1S/C14H18N2O5/c15-9-1-2-11(14(18)19)12(7-9)21-8-13(17)16-10-3-5-20-6-4-10/h1-2,7,10H,3-6,8,15H2,(H,16,17)(H,18,19). The van der Waals surface area contributed by atoms with Crippen LogP contribution >= 0.6 is 0 Å². The number of hydrogen-bond acceptors (Lipinski definition) is 5. The van der Waals surface area contributed by atoms with Gasteiger partial charge in [-0.25, -0.2) is 4.79 Å². The number of carboxylic acids is 1. The number of carbonyl (C=O) groups is 2. The van der Waals surface area contributed by atoms with Crippen LogP contribution in [0.1, 0.15) is 23.2 Å². The van der Waals surface area contributed by atoms with Crippen molar-refractivity contribution in [3.8, 4) is 5.75 Å². The molecule has 1 aromatic carbocycles. The van der Waals surface area contributed by atoms with Gasteiger partial charge in [0, 0.05) is 31.0 Å². The van der Waals surface area contributed by atoms with Gasteiger partial charge < -0.3 is 25.6 Å². The Hall–Kier alpha value is -2.28. The highest BCUT2D eigenvalue weighted by molar-refractivity contribution is 5.91. The fraction of sp³-hybridized carbons (Fsp3) is 0.429. The van der Waals surface area contributed by atoms with E-state index < -0.39 is 5.97 Å². The summed E-state index contributed by atoms with van der Waals surface area (Å²) in [6, 6.07) is 4.29. The van der Waals surface area contributed by atoms with Crippen LogP contribution in [0.25, 0.3) is 0 Å². The average Bonchev–Trinajstić information content (AvgIpc) is 2.46. The summed E-state index contributed by atoms with van der Waals surface area (Å²) in [7, 11) is 0. The molecule has 0 aromatic heterocycles. The molecule has 1 saturated heterocycles. The van der Waals surface area contributed by atoms with Gasteiger partial charge in [0.15, 0.2) is 6.61 Å². The number of aromatic carboxylic acids is 1. The number of nitrogen functional groups attached to an aromatic ring is 1. The number of ether oxygens (including phenoxy) is 2. The quantitative estimate of drug-likeness (QED) is 0.687. The molecule has 7 heteroatoms. The van der Waals surface area contributed by atoms with E-state index in [-0.39, 0.29) is 29.9 Å². The zero-order valence-electron chi connectivity index (χ0n) is 11.5. The smallest absolute Gasteiger partial charge is 0.339 e. The maximum Gasteiger partial charge on any atom is 0.339 e. The minimum atomic E-state index is -1.13. The second-order valence-electron chi connectivity index (χ2n) is 4.80. The zero-order chi connectivity index (χ0) is 15.2. The molecule has 1 heterocycles. The molecule has 1 fully saturated rings. The van der Waals surface area contributed by atoms with E-state index in [4.69, 9.17) is 20.3 Å². The van der Waals surface area contributed by atoms with Gasteiger partial charge in [-0.05, 0) is 25.0 Å². The summed E-state index contributed by atoms with van der Waals surface area (Å²) in [5, 5.41) is 11.9. The largest absolute Gasteiger partial charge is 0.483 e. The second kappa shape index (κ2) is 6.94. The lowest BCUT2D eigenvalue weighted by Gasteiger charge is -2.23. The molecule has 1 aromatic rings. The number of carboxylic acid groups (broad SMARTS) is 1. The van der Waals surface area contributed by atoms with Crippen molar-refractivity contribution in [1.82, 2.24) is 5.32 Å². The summed E-state index contributed by atoms with van der Waals surface area (Å²) in [5.41, 5.74) is 5.95. The Morgan fingerprint density at radius 2 is 2.10 bits per heavy atom. The molecular formula is C14H18N2O5. The Kier molecular flexibility index (Phi) is 4.99. The topological polar surface area (TPSA) is 111 Å². The molecule has 21 heavy (non-hydrogen) atoms. The molecule has 0 radical (unpaired) electrons. The lowest BCUT2D eigenvalue weighted by atomic mass is 10.1. The first-order chi connectivity index (χ1) is 10.1. The van der Waals surface area contributed by atoms with E-state index in [0.717, 1.165) is 12.8 Å². The molecule has 0 aliphatic carbocycles. The number of hydrogen-bond donors (Lipinski definition) is 3. The number of rotatable bonds is 5. The van der Waals surface area contributed by atoms with Gasteiger partial charge in [0.1, 0.15) is 11.3 Å². The van der Waals surface area contributed by atoms with Crippen molar-refractivity contribution in [2.75, 3.05) is 25.6 Å². The number of nitrogens with one attached hydrogen (secondary N) is 1. The van der Waals surface area contributed by atoms with Crippen LogP contribution in [0.2, 0.25) is 0 Å². The van der Waals surface area contributed by atoms with Gasteiger partial charge in [0.25, 0.3) is 5.91 Å². The van der Waals surface area contributed by atoms with Crippen molar-refractivity contribution in [2.24, 2.45) is 0 Å². The number of anilines is 1. The average molecular weight is 294 g/mol. The first-order valence-corrected chi connectivity index (χ1v) is 6.69. The van der Waals surface area contributed by atoms with Crippen molar-refractivity contribution in [3.05, 3.63) is 23.8 Å². The van der Waals surface area contributed by atoms with Gasteiger partial charge >= 0.3 is 5.97 Å². The molecule has 2 rings (SSSR count). The maximum absolute atomic E-state index is 11.8. The molecule has 1 aliphatic rings. The lowest BCUT2D eigenvalue weighted by molar-refractivity contribution is -0.124. The van der Waals surface area contributed by atoms with Crippen molar-refractivity contribution in [1.29, 1.82) is 0 Å². The monoisotopic (exact) mass is 294 g/mol. The highest BCUT2D eigenvalue weighted by Gasteiger charge is 2.17. The van der Waals surface area contributed by atoms with E-state index in [1.807, 2.05) is 0 Å². The number of nitrogens with two attached hydrogens (primary N) is 1. The van der Waals surface area contributed by atoms with Gasteiger partial charge in [0.2, 0.25) is 0 Å². The van der Waals surface area contributed by atoms with Crippen LogP contribution in [0.5, 0.6) is 5.75 Å². The molecule has 7 nitrogen and oxygen atoms in total. The van der Waals surface area contributed by atoms with Crippen LogP contribution in [-0.2, 0) is 9.53 Å². The third-order valence-corrected chi connectivity index (χ3v) is 3.18. The predicted octanol–water partition coefficient (Wildman–Crippen LogP) is 0.641. The van der Waals surface area contributed by atoms with Gasteiger partial charge in [-0.15, -0.1) is 0 Å². The Bertz CT molecular complexity index is 526. The van der Waals surface area contributed by atoms with E-state index in [1.165, 1.54) is 18.2 Å². The highest BCUT2D eigenvalue weighted by atomic mass is 16.5. The number of amides is 1. The van der Waals surface area contributed by atoms with Crippen LogP contribution < -0.4 is 15.8 Å². The Morgan fingerprint density at radius 3 is 2.76 bits per heavy atom. The maximum atomic E-state index is 11.8. The van der Waals surface area contributed by atoms with E-state index >= 15 is 0 Å². The molecule has 0 bridgehead atoms. The Balaban J connectivity index is 1.91. The summed E-state index contributed by atoms with van der Waals surface area (Å²) in [5.74, 6) is -1.33. The molecule has 1 amide bonds. The summed E-state index contributed by atoms with van der Waals surface area (Å²) < 4.78 is 10.5. The van der Waals surface area contributed by atoms with Crippen LogP contribution in [-0.4, -0.2) is 42.8 Å². The normalized spacial score (nSPS) is 15.4. The second-order valence-corrected chi connectivity index (χ2v) is 4.80. The third kappa shape index (κ3) is 4.35. The highest BCUT2D eigenvalue weighted by Crippen LogP contribution is 2.21. The van der Waals surface area contributed by atoms with Crippen LogP contribution in [0, 0.1) is 0 Å². The summed E-state index contributed by atoms with van der Waals surface area (Å²) in [6.45, 7) is 1.01. The van der Waals surface area contributed by atoms with Crippen molar-refractivity contribution in [3.63, 3.8) is 0 Å². The van der Waals surface area contributed by atoms with E-state index in [1.54, 1.807) is 0 Å². The molecule has 4 N–H and O–H groups in total. The van der Waals surface area contributed by atoms with Crippen molar-refractivity contribution < 1.29 is 24.2 Å². The minimum absolute atomic E-state index is 0.0249. The number of benzene rings is 1. The Labute approximate surface area is 122 Å². The molecule has 0 spiro atoms.